The molecule has 0 rings (SSSR count). The minimum absolute atomic E-state index is 0.0840. The molecule has 0 aliphatic heterocycles. The predicted molar refractivity (Wildman–Crippen MR) is 210 cm³/mol. The Hall–Kier alpha value is -2.63. The molecule has 0 aliphatic rings. The zero-order valence-electron chi connectivity index (χ0n) is 32.7. The van der Waals surface area contributed by atoms with Gasteiger partial charge in [0, 0.05) is 19.3 Å². The molecule has 0 aromatic carbocycles. The lowest BCUT2D eigenvalue weighted by atomic mass is 10.1. The molecule has 0 bridgehead atoms. The van der Waals surface area contributed by atoms with Crippen LogP contribution >= 0.6 is 0 Å². The third kappa shape index (κ3) is 36.6. The van der Waals surface area contributed by atoms with Crippen molar-refractivity contribution in [3.63, 3.8) is 0 Å². The Morgan fingerprint density at radius 3 is 1.22 bits per heavy atom. The lowest BCUT2D eigenvalue weighted by Gasteiger charge is -2.18. The zero-order chi connectivity index (χ0) is 36.6. The molecule has 1 unspecified atom stereocenters. The van der Waals surface area contributed by atoms with Crippen LogP contribution in [0.2, 0.25) is 0 Å². The highest BCUT2D eigenvalue weighted by Crippen LogP contribution is 2.14. The van der Waals surface area contributed by atoms with E-state index in [4.69, 9.17) is 14.2 Å². The molecule has 0 saturated carbocycles. The summed E-state index contributed by atoms with van der Waals surface area (Å²) in [5.41, 5.74) is 0. The van der Waals surface area contributed by atoms with Crippen LogP contribution in [0, 0.1) is 0 Å². The fraction of sp³-hybridized carbons (Fsp3) is 0.750. The first-order valence-electron chi connectivity index (χ1n) is 20.7. The molecule has 0 aromatic heterocycles. The number of ether oxygens (including phenoxy) is 3. The van der Waals surface area contributed by atoms with Crippen LogP contribution in [0.3, 0.4) is 0 Å². The standard InChI is InChI=1S/C44H76O6/c1-4-7-10-13-16-19-21-22-23-26-28-31-34-37-43(46)49-40-41(39-48-42(45)36-33-30-27-24-18-15-12-9-6-3)50-44(47)38-35-32-29-25-20-17-14-11-8-5-2/h7,10,13,16,19,21-23,41H,4-6,8-9,11-12,14-15,17-18,20,24-40H2,1-3H3/b10-7-,16-13-,21-19-,23-22-. The van der Waals surface area contributed by atoms with Gasteiger partial charge >= 0.3 is 17.9 Å². The summed E-state index contributed by atoms with van der Waals surface area (Å²) in [6, 6.07) is 0. The molecule has 6 nitrogen and oxygen atoms in total. The van der Waals surface area contributed by atoms with Crippen molar-refractivity contribution in [2.75, 3.05) is 13.2 Å². The molecule has 0 N–H and O–H groups in total. The fourth-order valence-electron chi connectivity index (χ4n) is 5.57. The number of carbonyl (C=O) groups excluding carboxylic acids is 3. The van der Waals surface area contributed by atoms with Gasteiger partial charge in [-0.3, -0.25) is 14.4 Å². The van der Waals surface area contributed by atoms with Crippen molar-refractivity contribution in [2.24, 2.45) is 0 Å². The van der Waals surface area contributed by atoms with Gasteiger partial charge in [-0.2, -0.15) is 0 Å². The van der Waals surface area contributed by atoms with Crippen molar-refractivity contribution in [1.82, 2.24) is 0 Å². The molecule has 50 heavy (non-hydrogen) atoms. The fourth-order valence-corrected chi connectivity index (χ4v) is 5.57. The quantitative estimate of drug-likeness (QED) is 0.0280. The molecule has 1 atom stereocenters. The van der Waals surface area contributed by atoms with E-state index < -0.39 is 6.10 Å². The zero-order valence-corrected chi connectivity index (χ0v) is 32.7. The van der Waals surface area contributed by atoms with E-state index in [9.17, 15) is 14.4 Å². The average molecular weight is 701 g/mol. The third-order valence-corrected chi connectivity index (χ3v) is 8.69. The summed E-state index contributed by atoms with van der Waals surface area (Å²) in [7, 11) is 0. The molecule has 288 valence electrons. The molecule has 0 heterocycles. The number of carbonyl (C=O) groups is 3. The Morgan fingerprint density at radius 1 is 0.420 bits per heavy atom. The summed E-state index contributed by atoms with van der Waals surface area (Å²) in [5, 5.41) is 0. The molecule has 0 saturated heterocycles. The molecular formula is C44H76O6. The van der Waals surface area contributed by atoms with Gasteiger partial charge in [-0.25, -0.2) is 0 Å². The number of esters is 3. The lowest BCUT2D eigenvalue weighted by Crippen LogP contribution is -2.30. The summed E-state index contributed by atoms with van der Waals surface area (Å²) in [6.07, 6.45) is 43.8. The number of allylic oxidation sites excluding steroid dienone is 8. The van der Waals surface area contributed by atoms with Crippen LogP contribution in [0.25, 0.3) is 0 Å². The Balaban J connectivity index is 4.43. The van der Waals surface area contributed by atoms with Crippen molar-refractivity contribution >= 4 is 17.9 Å². The van der Waals surface area contributed by atoms with E-state index in [1.54, 1.807) is 0 Å². The number of hydrogen-bond acceptors (Lipinski definition) is 6. The maximum Gasteiger partial charge on any atom is 0.306 e. The van der Waals surface area contributed by atoms with Crippen LogP contribution in [0.4, 0.5) is 0 Å². The van der Waals surface area contributed by atoms with E-state index in [2.05, 4.69) is 32.9 Å². The molecule has 0 spiro atoms. The summed E-state index contributed by atoms with van der Waals surface area (Å²) in [4.78, 5) is 37.5. The Morgan fingerprint density at radius 2 is 0.780 bits per heavy atom. The van der Waals surface area contributed by atoms with Crippen LogP contribution in [-0.2, 0) is 28.6 Å². The highest BCUT2D eigenvalue weighted by molar-refractivity contribution is 5.71. The second-order valence-electron chi connectivity index (χ2n) is 13.6. The van der Waals surface area contributed by atoms with Crippen LogP contribution < -0.4 is 0 Å². The van der Waals surface area contributed by atoms with E-state index >= 15 is 0 Å². The second kappa shape index (κ2) is 39.2. The van der Waals surface area contributed by atoms with E-state index in [0.717, 1.165) is 70.6 Å². The molecule has 0 radical (unpaired) electrons. The average Bonchev–Trinajstić information content (AvgIpc) is 3.11. The minimum Gasteiger partial charge on any atom is -0.462 e. The van der Waals surface area contributed by atoms with E-state index in [-0.39, 0.29) is 31.1 Å². The predicted octanol–water partition coefficient (Wildman–Crippen LogP) is 12.8. The van der Waals surface area contributed by atoms with Crippen LogP contribution in [0.5, 0.6) is 0 Å². The first-order valence-corrected chi connectivity index (χ1v) is 20.7. The normalized spacial score (nSPS) is 12.5. The number of hydrogen-bond donors (Lipinski definition) is 0. The molecule has 6 heteroatoms. The first-order chi connectivity index (χ1) is 24.5. The number of rotatable bonds is 36. The Labute approximate surface area is 307 Å². The molecule has 0 amide bonds. The monoisotopic (exact) mass is 701 g/mol. The van der Waals surface area contributed by atoms with Gasteiger partial charge in [0.1, 0.15) is 13.2 Å². The Bertz CT molecular complexity index is 902. The summed E-state index contributed by atoms with van der Waals surface area (Å²) in [6.45, 7) is 6.40. The van der Waals surface area contributed by atoms with Crippen molar-refractivity contribution in [2.45, 2.75) is 200 Å². The SMILES string of the molecule is CC\C=C/C=C\C=C/C=C\CCCCCC(=O)OCC(COC(=O)CCCCCCCCCCC)OC(=O)CCCCCCCCCCCC. The minimum atomic E-state index is -0.780. The second-order valence-corrected chi connectivity index (χ2v) is 13.6. The molecule has 0 fully saturated rings. The van der Waals surface area contributed by atoms with Crippen molar-refractivity contribution in [1.29, 1.82) is 0 Å². The van der Waals surface area contributed by atoms with E-state index in [1.807, 2.05) is 36.5 Å². The number of unbranched alkanes of at least 4 members (excludes halogenated alkanes) is 20. The van der Waals surface area contributed by atoms with Gasteiger partial charge in [-0.15, -0.1) is 0 Å². The van der Waals surface area contributed by atoms with Crippen molar-refractivity contribution in [3.8, 4) is 0 Å². The van der Waals surface area contributed by atoms with Gasteiger partial charge in [-0.1, -0.05) is 185 Å². The van der Waals surface area contributed by atoms with Crippen molar-refractivity contribution in [3.05, 3.63) is 48.6 Å². The van der Waals surface area contributed by atoms with Crippen LogP contribution in [0.15, 0.2) is 48.6 Å². The van der Waals surface area contributed by atoms with Gasteiger partial charge in [0.2, 0.25) is 0 Å². The summed E-state index contributed by atoms with van der Waals surface area (Å²) in [5.74, 6) is -0.933. The Kier molecular flexibility index (Phi) is 37.1. The molecule has 0 aliphatic carbocycles. The molecule has 0 aromatic rings. The van der Waals surface area contributed by atoms with Crippen molar-refractivity contribution < 1.29 is 28.6 Å². The van der Waals surface area contributed by atoms with Gasteiger partial charge in [0.15, 0.2) is 6.10 Å². The van der Waals surface area contributed by atoms with Crippen LogP contribution in [0.1, 0.15) is 194 Å². The van der Waals surface area contributed by atoms with E-state index in [0.29, 0.717) is 19.3 Å². The smallest absolute Gasteiger partial charge is 0.306 e. The molecular weight excluding hydrogens is 624 g/mol. The first kappa shape index (κ1) is 47.4. The largest absolute Gasteiger partial charge is 0.462 e. The topological polar surface area (TPSA) is 78.9 Å². The summed E-state index contributed by atoms with van der Waals surface area (Å²) >= 11 is 0. The summed E-state index contributed by atoms with van der Waals surface area (Å²) < 4.78 is 16.6. The van der Waals surface area contributed by atoms with Crippen LogP contribution in [-0.4, -0.2) is 37.2 Å². The third-order valence-electron chi connectivity index (χ3n) is 8.69. The van der Waals surface area contributed by atoms with Gasteiger partial charge in [-0.05, 0) is 38.5 Å². The maximum atomic E-state index is 12.6. The van der Waals surface area contributed by atoms with Gasteiger partial charge in [0.05, 0.1) is 0 Å². The van der Waals surface area contributed by atoms with Gasteiger partial charge < -0.3 is 14.2 Å². The lowest BCUT2D eigenvalue weighted by molar-refractivity contribution is -0.167. The highest BCUT2D eigenvalue weighted by Gasteiger charge is 2.19. The van der Waals surface area contributed by atoms with Gasteiger partial charge in [0.25, 0.3) is 0 Å². The van der Waals surface area contributed by atoms with E-state index in [1.165, 1.54) is 83.5 Å². The highest BCUT2D eigenvalue weighted by atomic mass is 16.6. The maximum absolute atomic E-state index is 12.6.